The summed E-state index contributed by atoms with van der Waals surface area (Å²) < 4.78 is 0. The van der Waals surface area contributed by atoms with Gasteiger partial charge in [-0.25, -0.2) is 0 Å². The van der Waals surface area contributed by atoms with Crippen LogP contribution in [0.25, 0.3) is 0 Å². The molecule has 1 aliphatic heterocycles. The second-order valence-corrected chi connectivity index (χ2v) is 5.09. The molecular formula is C14H19N3O4. The largest absolute Gasteiger partial charge is 0.389 e. The fourth-order valence-corrected chi connectivity index (χ4v) is 2.60. The van der Waals surface area contributed by atoms with Crippen LogP contribution < -0.4 is 10.2 Å². The van der Waals surface area contributed by atoms with E-state index in [4.69, 9.17) is 0 Å². The molecule has 1 amide bonds. The van der Waals surface area contributed by atoms with Crippen molar-refractivity contribution >= 4 is 17.3 Å². The highest BCUT2D eigenvalue weighted by molar-refractivity contribution is 5.87. The first-order chi connectivity index (χ1) is 9.95. The van der Waals surface area contributed by atoms with E-state index in [0.29, 0.717) is 30.8 Å². The quantitative estimate of drug-likeness (QED) is 0.645. The molecular weight excluding hydrogens is 274 g/mol. The van der Waals surface area contributed by atoms with Crippen LogP contribution in [0.3, 0.4) is 0 Å². The number of anilines is 1. The van der Waals surface area contributed by atoms with Crippen LogP contribution >= 0.6 is 0 Å². The Labute approximate surface area is 122 Å². The van der Waals surface area contributed by atoms with Crippen molar-refractivity contribution in [2.24, 2.45) is 0 Å². The first kappa shape index (κ1) is 15.2. The summed E-state index contributed by atoms with van der Waals surface area (Å²) in [6.07, 6.45) is -0.203. The van der Waals surface area contributed by atoms with E-state index in [-0.39, 0.29) is 11.6 Å². The molecule has 1 aromatic rings. The van der Waals surface area contributed by atoms with Gasteiger partial charge in [0.2, 0.25) is 5.91 Å². The van der Waals surface area contributed by atoms with Crippen LogP contribution in [0.5, 0.6) is 0 Å². The minimum Gasteiger partial charge on any atom is -0.389 e. The lowest BCUT2D eigenvalue weighted by molar-refractivity contribution is -0.384. The van der Waals surface area contributed by atoms with Crippen LogP contribution in [0.1, 0.15) is 31.9 Å². The second kappa shape index (κ2) is 6.09. The molecule has 2 atom stereocenters. The van der Waals surface area contributed by atoms with Gasteiger partial charge < -0.3 is 15.3 Å². The number of nitro benzene ring substituents is 1. The standard InChI is InChI=1S/C14H19N3O4/c1-3-11-14(19)15-6-7-16(11)12-5-4-10(9(2)18)8-13(12)17(20)21/h4-5,8-9,11,18H,3,6-7H2,1-2H3,(H,15,19). The minimum atomic E-state index is -0.774. The third-order valence-electron chi connectivity index (χ3n) is 3.71. The number of nitro groups is 1. The van der Waals surface area contributed by atoms with Gasteiger partial charge in [0.1, 0.15) is 11.7 Å². The Morgan fingerprint density at radius 3 is 2.86 bits per heavy atom. The van der Waals surface area contributed by atoms with Gasteiger partial charge in [0.05, 0.1) is 11.0 Å². The molecule has 114 valence electrons. The summed E-state index contributed by atoms with van der Waals surface area (Å²) in [5, 5.41) is 23.7. The molecule has 0 aromatic heterocycles. The van der Waals surface area contributed by atoms with Crippen molar-refractivity contribution in [3.05, 3.63) is 33.9 Å². The predicted molar refractivity (Wildman–Crippen MR) is 78.2 cm³/mol. The summed E-state index contributed by atoms with van der Waals surface area (Å²) in [6.45, 7) is 4.42. The zero-order valence-corrected chi connectivity index (χ0v) is 12.1. The monoisotopic (exact) mass is 293 g/mol. The van der Waals surface area contributed by atoms with Gasteiger partial charge in [-0.1, -0.05) is 13.0 Å². The molecule has 2 rings (SSSR count). The smallest absolute Gasteiger partial charge is 0.292 e. The molecule has 0 bridgehead atoms. The van der Waals surface area contributed by atoms with Gasteiger partial charge in [0, 0.05) is 19.2 Å². The Morgan fingerprint density at radius 1 is 1.57 bits per heavy atom. The van der Waals surface area contributed by atoms with E-state index >= 15 is 0 Å². The number of benzene rings is 1. The maximum Gasteiger partial charge on any atom is 0.292 e. The lowest BCUT2D eigenvalue weighted by Crippen LogP contribution is -2.55. The van der Waals surface area contributed by atoms with E-state index < -0.39 is 17.1 Å². The van der Waals surface area contributed by atoms with Gasteiger partial charge in [0.25, 0.3) is 5.69 Å². The van der Waals surface area contributed by atoms with Gasteiger partial charge in [0.15, 0.2) is 0 Å². The van der Waals surface area contributed by atoms with Crippen LogP contribution in [0, 0.1) is 10.1 Å². The number of hydrogen-bond acceptors (Lipinski definition) is 5. The zero-order chi connectivity index (χ0) is 15.6. The average molecular weight is 293 g/mol. The number of nitrogens with one attached hydrogen (secondary N) is 1. The maximum absolute atomic E-state index is 11.9. The number of amides is 1. The molecule has 21 heavy (non-hydrogen) atoms. The first-order valence-electron chi connectivity index (χ1n) is 6.96. The topological polar surface area (TPSA) is 95.7 Å². The van der Waals surface area contributed by atoms with Crippen LogP contribution in [0.4, 0.5) is 11.4 Å². The lowest BCUT2D eigenvalue weighted by atomic mass is 10.0. The Kier molecular flexibility index (Phi) is 4.42. The number of nitrogens with zero attached hydrogens (tertiary/aromatic N) is 2. The van der Waals surface area contributed by atoms with Crippen LogP contribution in [0.2, 0.25) is 0 Å². The Morgan fingerprint density at radius 2 is 2.29 bits per heavy atom. The zero-order valence-electron chi connectivity index (χ0n) is 12.1. The molecule has 0 saturated carbocycles. The molecule has 1 heterocycles. The van der Waals surface area contributed by atoms with Crippen molar-refractivity contribution in [2.75, 3.05) is 18.0 Å². The van der Waals surface area contributed by atoms with Crippen molar-refractivity contribution in [1.82, 2.24) is 5.32 Å². The van der Waals surface area contributed by atoms with Crippen molar-refractivity contribution in [2.45, 2.75) is 32.4 Å². The van der Waals surface area contributed by atoms with E-state index in [1.54, 1.807) is 24.0 Å². The highest BCUT2D eigenvalue weighted by atomic mass is 16.6. The summed E-state index contributed by atoms with van der Waals surface area (Å²) in [5.74, 6) is -0.113. The Hall–Kier alpha value is -2.15. The fraction of sp³-hybridized carbons (Fsp3) is 0.500. The number of piperazine rings is 1. The SMILES string of the molecule is CCC1C(=O)NCCN1c1ccc(C(C)O)cc1[N+](=O)[O-]. The Bertz CT molecular complexity index is 559. The van der Waals surface area contributed by atoms with Crippen molar-refractivity contribution < 1.29 is 14.8 Å². The van der Waals surface area contributed by atoms with E-state index in [1.807, 2.05) is 6.92 Å². The van der Waals surface area contributed by atoms with Crippen molar-refractivity contribution in [1.29, 1.82) is 0 Å². The number of carbonyl (C=O) groups excluding carboxylic acids is 1. The van der Waals surface area contributed by atoms with Crippen molar-refractivity contribution in [3.63, 3.8) is 0 Å². The van der Waals surface area contributed by atoms with Crippen LogP contribution in [-0.4, -0.2) is 35.1 Å². The molecule has 1 aliphatic rings. The van der Waals surface area contributed by atoms with E-state index in [1.165, 1.54) is 6.07 Å². The van der Waals surface area contributed by atoms with Crippen LogP contribution in [-0.2, 0) is 4.79 Å². The molecule has 1 fully saturated rings. The van der Waals surface area contributed by atoms with Gasteiger partial charge >= 0.3 is 0 Å². The average Bonchev–Trinajstić information content (AvgIpc) is 2.46. The first-order valence-corrected chi connectivity index (χ1v) is 6.96. The van der Waals surface area contributed by atoms with Gasteiger partial charge in [-0.05, 0) is 25.0 Å². The summed E-state index contributed by atoms with van der Waals surface area (Å²) >= 11 is 0. The number of aliphatic hydroxyl groups excluding tert-OH is 1. The number of hydrogen-bond donors (Lipinski definition) is 2. The molecule has 7 heteroatoms. The molecule has 1 saturated heterocycles. The van der Waals surface area contributed by atoms with Gasteiger partial charge in [-0.3, -0.25) is 14.9 Å². The summed E-state index contributed by atoms with van der Waals surface area (Å²) in [7, 11) is 0. The van der Waals surface area contributed by atoms with Crippen molar-refractivity contribution in [3.8, 4) is 0 Å². The highest BCUT2D eigenvalue weighted by Gasteiger charge is 2.32. The van der Waals surface area contributed by atoms with E-state index in [2.05, 4.69) is 5.32 Å². The number of aliphatic hydroxyl groups is 1. The predicted octanol–water partition coefficient (Wildman–Crippen LogP) is 1.36. The second-order valence-electron chi connectivity index (χ2n) is 5.09. The van der Waals surface area contributed by atoms with Gasteiger partial charge in [-0.2, -0.15) is 0 Å². The number of rotatable bonds is 4. The summed E-state index contributed by atoms with van der Waals surface area (Å²) in [6, 6.07) is 4.24. The third kappa shape index (κ3) is 2.97. The molecule has 2 N–H and O–H groups in total. The molecule has 7 nitrogen and oxygen atoms in total. The summed E-state index contributed by atoms with van der Waals surface area (Å²) in [4.78, 5) is 24.5. The Balaban J connectivity index is 2.46. The minimum absolute atomic E-state index is 0.0819. The van der Waals surface area contributed by atoms with E-state index in [0.717, 1.165) is 0 Å². The third-order valence-corrected chi connectivity index (χ3v) is 3.71. The number of carbonyl (C=O) groups is 1. The lowest BCUT2D eigenvalue weighted by Gasteiger charge is -2.36. The molecule has 0 aliphatic carbocycles. The van der Waals surface area contributed by atoms with Crippen LogP contribution in [0.15, 0.2) is 18.2 Å². The molecule has 2 unspecified atom stereocenters. The molecule has 1 aromatic carbocycles. The maximum atomic E-state index is 11.9. The van der Waals surface area contributed by atoms with E-state index in [9.17, 15) is 20.0 Å². The highest BCUT2D eigenvalue weighted by Crippen LogP contribution is 2.33. The van der Waals surface area contributed by atoms with Gasteiger partial charge in [-0.15, -0.1) is 0 Å². The normalized spacial score (nSPS) is 20.0. The molecule has 0 spiro atoms. The molecule has 0 radical (unpaired) electrons. The fourth-order valence-electron chi connectivity index (χ4n) is 2.60. The summed E-state index contributed by atoms with van der Waals surface area (Å²) in [5.41, 5.74) is 0.826.